The number of carbonyl (C=O) groups excluding carboxylic acids is 2. The molecule has 45 heavy (non-hydrogen) atoms. The number of alkyl carbamates (subject to hydrolysis) is 1. The summed E-state index contributed by atoms with van der Waals surface area (Å²) >= 11 is 0. The number of anilines is 1. The first kappa shape index (κ1) is 34.3. The molecule has 248 valence electrons. The molecule has 2 amide bonds. The third kappa shape index (κ3) is 8.59. The molecule has 1 aromatic carbocycles. The average molecular weight is 628 g/mol. The minimum Gasteiger partial charge on any atom is -0.450 e. The van der Waals surface area contributed by atoms with Crippen molar-refractivity contribution in [2.45, 2.75) is 92.3 Å². The van der Waals surface area contributed by atoms with Crippen LogP contribution in [0.5, 0.6) is 11.6 Å². The molecule has 3 heterocycles. The predicted octanol–water partition coefficient (Wildman–Crippen LogP) is 5.52. The van der Waals surface area contributed by atoms with E-state index in [-0.39, 0.29) is 46.2 Å². The van der Waals surface area contributed by atoms with Gasteiger partial charge in [-0.1, -0.05) is 13.8 Å². The van der Waals surface area contributed by atoms with E-state index < -0.39 is 5.82 Å². The van der Waals surface area contributed by atoms with E-state index in [1.165, 1.54) is 24.5 Å². The highest BCUT2D eigenvalue weighted by Gasteiger charge is 2.50. The summed E-state index contributed by atoms with van der Waals surface area (Å²) in [5.74, 6) is 0.611. The van der Waals surface area contributed by atoms with Crippen LogP contribution in [-0.2, 0) is 4.74 Å². The van der Waals surface area contributed by atoms with Gasteiger partial charge in [0.15, 0.2) is 5.82 Å². The first-order chi connectivity index (χ1) is 21.2. The molecule has 0 radical (unpaired) electrons. The minimum atomic E-state index is -0.516. The Morgan fingerprint density at radius 3 is 2.53 bits per heavy atom. The Bertz CT molecular complexity index is 1330. The van der Waals surface area contributed by atoms with Gasteiger partial charge in [0.1, 0.15) is 17.9 Å². The van der Waals surface area contributed by atoms with Gasteiger partial charge in [0.25, 0.3) is 11.8 Å². The predicted molar refractivity (Wildman–Crippen MR) is 171 cm³/mol. The van der Waals surface area contributed by atoms with Crippen LogP contribution in [-0.4, -0.2) is 93.9 Å². The third-order valence-corrected chi connectivity index (χ3v) is 8.58. The number of halogens is 1. The molecule has 11 nitrogen and oxygen atoms in total. The first-order valence-corrected chi connectivity index (χ1v) is 16.1. The zero-order valence-electron chi connectivity index (χ0n) is 28.1. The Kier molecular flexibility index (Phi) is 10.9. The number of carbonyl (C=O) groups is 2. The molecular formula is C33H50FN7O4. The van der Waals surface area contributed by atoms with E-state index in [2.05, 4.69) is 44.1 Å². The normalized spacial score (nSPS) is 17.0. The van der Waals surface area contributed by atoms with Crippen molar-refractivity contribution in [3.63, 3.8) is 0 Å². The highest BCUT2D eigenvalue weighted by atomic mass is 19.1. The van der Waals surface area contributed by atoms with E-state index in [0.717, 1.165) is 45.4 Å². The Balaban J connectivity index is 1.39. The minimum absolute atomic E-state index is 0.0567. The maximum absolute atomic E-state index is 14.3. The van der Waals surface area contributed by atoms with Gasteiger partial charge >= 0.3 is 6.09 Å². The number of aromatic nitrogens is 3. The Hall–Kier alpha value is -3.54. The van der Waals surface area contributed by atoms with Gasteiger partial charge in [-0.2, -0.15) is 0 Å². The topological polar surface area (TPSA) is 113 Å². The van der Waals surface area contributed by atoms with E-state index in [1.54, 1.807) is 4.90 Å². The Morgan fingerprint density at radius 2 is 1.89 bits per heavy atom. The summed E-state index contributed by atoms with van der Waals surface area (Å²) in [6, 6.07) is 4.28. The SMILES string of the molecule is CCN(C(=O)c1cc(F)ccc1Oc1nncnc1N1CCC2(C1)CN([C@@H](CCCOC(=O)NC(C)(C)C)C(C)C)C2)C(C)C. The molecule has 0 bridgehead atoms. The highest BCUT2D eigenvalue weighted by molar-refractivity contribution is 5.97. The van der Waals surface area contributed by atoms with Gasteiger partial charge in [-0.25, -0.2) is 14.2 Å². The standard InChI is InChI=1S/C33H50FN7O4/c1-9-41(23(4)5)30(42)25-17-24(34)12-13-27(25)45-29-28(35-21-36-38-29)39-15-14-33(18-39)19-40(20-33)26(22(2)3)11-10-16-44-31(43)37-32(6,7)8/h12-13,17,21-23,26H,9-11,14-16,18-20H2,1-8H3,(H,37,43)/t26-/m0/s1. The summed E-state index contributed by atoms with van der Waals surface area (Å²) in [6.45, 7) is 20.4. The number of hydrogen-bond donors (Lipinski definition) is 1. The lowest BCUT2D eigenvalue weighted by Gasteiger charge is -2.53. The molecule has 2 aliphatic heterocycles. The highest BCUT2D eigenvalue weighted by Crippen LogP contribution is 2.44. The molecule has 2 aromatic rings. The maximum Gasteiger partial charge on any atom is 0.407 e. The van der Waals surface area contributed by atoms with Crippen molar-refractivity contribution in [2.24, 2.45) is 11.3 Å². The second-order valence-electron chi connectivity index (χ2n) is 14.1. The van der Waals surface area contributed by atoms with Gasteiger partial charge < -0.3 is 24.6 Å². The zero-order valence-corrected chi connectivity index (χ0v) is 28.1. The van der Waals surface area contributed by atoms with E-state index in [4.69, 9.17) is 9.47 Å². The molecule has 1 aromatic heterocycles. The zero-order chi connectivity index (χ0) is 32.9. The number of nitrogens with zero attached hydrogens (tertiary/aromatic N) is 6. The fraction of sp³-hybridized carbons (Fsp3) is 0.667. The van der Waals surface area contributed by atoms with Crippen LogP contribution >= 0.6 is 0 Å². The number of nitrogens with one attached hydrogen (secondary N) is 1. The van der Waals surface area contributed by atoms with Crippen molar-refractivity contribution in [2.75, 3.05) is 44.2 Å². The van der Waals surface area contributed by atoms with Crippen molar-refractivity contribution >= 4 is 17.8 Å². The molecule has 1 N–H and O–H groups in total. The van der Waals surface area contributed by atoms with E-state index >= 15 is 0 Å². The summed E-state index contributed by atoms with van der Waals surface area (Å²) in [5, 5.41) is 11.0. The molecule has 4 rings (SSSR count). The second kappa shape index (κ2) is 14.3. The van der Waals surface area contributed by atoms with Crippen LogP contribution in [0.1, 0.15) is 85.0 Å². The molecule has 0 saturated carbocycles. The molecule has 2 saturated heterocycles. The number of rotatable bonds is 12. The number of amides is 2. The van der Waals surface area contributed by atoms with Gasteiger partial charge in [-0.3, -0.25) is 9.69 Å². The van der Waals surface area contributed by atoms with Crippen molar-refractivity contribution < 1.29 is 23.5 Å². The molecule has 12 heteroatoms. The number of benzene rings is 1. The summed E-state index contributed by atoms with van der Waals surface area (Å²) in [7, 11) is 0. The fourth-order valence-corrected chi connectivity index (χ4v) is 6.46. The lowest BCUT2D eigenvalue weighted by Crippen LogP contribution is -2.62. The molecule has 2 aliphatic rings. The molecular weight excluding hydrogens is 577 g/mol. The van der Waals surface area contributed by atoms with Crippen LogP contribution in [0.3, 0.4) is 0 Å². The van der Waals surface area contributed by atoms with Gasteiger partial charge in [-0.05, 0) is 84.9 Å². The molecule has 1 spiro atoms. The van der Waals surface area contributed by atoms with Crippen LogP contribution < -0.4 is 15.0 Å². The Labute approximate surface area is 266 Å². The molecule has 1 atom stereocenters. The summed E-state index contributed by atoms with van der Waals surface area (Å²) in [4.78, 5) is 36.2. The second-order valence-corrected chi connectivity index (χ2v) is 14.1. The van der Waals surface area contributed by atoms with Crippen molar-refractivity contribution in [1.82, 2.24) is 30.3 Å². The third-order valence-electron chi connectivity index (χ3n) is 8.58. The largest absolute Gasteiger partial charge is 0.450 e. The first-order valence-electron chi connectivity index (χ1n) is 16.1. The number of hydrogen-bond acceptors (Lipinski definition) is 9. The van der Waals surface area contributed by atoms with E-state index in [9.17, 15) is 14.0 Å². The lowest BCUT2D eigenvalue weighted by molar-refractivity contribution is -0.0351. The van der Waals surface area contributed by atoms with Crippen molar-refractivity contribution in [3.8, 4) is 11.6 Å². The van der Waals surface area contributed by atoms with Gasteiger partial charge in [0.05, 0.1) is 12.2 Å². The van der Waals surface area contributed by atoms with Crippen LogP contribution in [0, 0.1) is 17.2 Å². The summed E-state index contributed by atoms with van der Waals surface area (Å²) in [5.41, 5.74) is -0.0518. The van der Waals surface area contributed by atoms with Gasteiger partial charge in [-0.15, -0.1) is 10.2 Å². The van der Waals surface area contributed by atoms with Crippen molar-refractivity contribution in [3.05, 3.63) is 35.9 Å². The van der Waals surface area contributed by atoms with Crippen LogP contribution in [0.4, 0.5) is 15.0 Å². The van der Waals surface area contributed by atoms with Crippen LogP contribution in [0.2, 0.25) is 0 Å². The number of likely N-dealkylation sites (tertiary alicyclic amines) is 1. The van der Waals surface area contributed by atoms with Gasteiger partial charge in [0, 0.05) is 55.8 Å². The summed E-state index contributed by atoms with van der Waals surface area (Å²) in [6.07, 6.45) is 3.80. The molecule has 0 aliphatic carbocycles. The Morgan fingerprint density at radius 1 is 1.16 bits per heavy atom. The quantitative estimate of drug-likeness (QED) is 0.304. The van der Waals surface area contributed by atoms with Crippen molar-refractivity contribution in [1.29, 1.82) is 0 Å². The number of ether oxygens (including phenoxy) is 2. The fourth-order valence-electron chi connectivity index (χ4n) is 6.46. The van der Waals surface area contributed by atoms with Crippen LogP contribution in [0.25, 0.3) is 0 Å². The monoisotopic (exact) mass is 627 g/mol. The lowest BCUT2D eigenvalue weighted by atomic mass is 9.76. The maximum atomic E-state index is 14.3. The average Bonchev–Trinajstić information content (AvgIpc) is 3.38. The van der Waals surface area contributed by atoms with E-state index in [1.807, 2.05) is 41.5 Å². The molecule has 2 fully saturated rings. The van der Waals surface area contributed by atoms with Gasteiger partial charge in [0.2, 0.25) is 0 Å². The van der Waals surface area contributed by atoms with E-state index in [0.29, 0.717) is 30.9 Å². The smallest absolute Gasteiger partial charge is 0.407 e. The summed E-state index contributed by atoms with van der Waals surface area (Å²) < 4.78 is 25.8. The molecule has 0 unspecified atom stereocenters. The van der Waals surface area contributed by atoms with Crippen LogP contribution in [0.15, 0.2) is 24.5 Å².